The molecule has 0 saturated heterocycles. The van der Waals surface area contributed by atoms with Gasteiger partial charge in [0.25, 0.3) is 0 Å². The van der Waals surface area contributed by atoms with Crippen LogP contribution in [0.2, 0.25) is 0 Å². The van der Waals surface area contributed by atoms with Gasteiger partial charge in [0, 0.05) is 44.7 Å². The molecule has 3 aliphatic rings. The molecule has 0 fully saturated rings. The SMILES string of the molecule is C1=CC2C=CC(c3nc(-c4ccc5cc(C6=CCCC=C6)ccc5c4)nc(-c4cc5c(oc6cccc(-c7ccccc7)c65)c5ccccc45)n3)=CC2C=C1. The van der Waals surface area contributed by atoms with Gasteiger partial charge in [-0.3, -0.25) is 0 Å². The molecule has 11 rings (SSSR count). The highest BCUT2D eigenvalue weighted by atomic mass is 16.3. The van der Waals surface area contributed by atoms with Crippen LogP contribution in [0.1, 0.15) is 24.2 Å². The van der Waals surface area contributed by atoms with E-state index in [1.807, 2.05) is 0 Å². The van der Waals surface area contributed by atoms with Gasteiger partial charge in [-0.1, -0.05) is 152 Å². The molecule has 2 aromatic heterocycles. The number of hydrogen-bond donors (Lipinski definition) is 0. The van der Waals surface area contributed by atoms with Crippen molar-refractivity contribution in [3.05, 3.63) is 187 Å². The first-order chi connectivity index (χ1) is 27.2. The van der Waals surface area contributed by atoms with Crippen LogP contribution in [0.4, 0.5) is 0 Å². The molecule has 2 heterocycles. The van der Waals surface area contributed by atoms with Crippen molar-refractivity contribution in [1.29, 1.82) is 0 Å². The van der Waals surface area contributed by atoms with E-state index in [2.05, 4.69) is 176 Å². The van der Waals surface area contributed by atoms with Gasteiger partial charge in [-0.25, -0.2) is 15.0 Å². The highest BCUT2D eigenvalue weighted by Crippen LogP contribution is 2.43. The molecule has 4 nitrogen and oxygen atoms in total. The zero-order valence-corrected chi connectivity index (χ0v) is 30.1. The molecular formula is C51H35N3O. The van der Waals surface area contributed by atoms with Gasteiger partial charge in [-0.05, 0) is 75.5 Å². The van der Waals surface area contributed by atoms with Crippen molar-refractivity contribution in [2.75, 3.05) is 0 Å². The number of aromatic nitrogens is 3. The molecule has 0 amide bonds. The second-order valence-corrected chi connectivity index (χ2v) is 14.6. The second-order valence-electron chi connectivity index (χ2n) is 14.6. The molecule has 2 atom stereocenters. The average Bonchev–Trinajstić information content (AvgIpc) is 3.65. The Hall–Kier alpha value is -6.91. The predicted octanol–water partition coefficient (Wildman–Crippen LogP) is 13.1. The third-order valence-corrected chi connectivity index (χ3v) is 11.2. The standard InChI is InChI=1S/C51H35N3O/c1-3-12-32(13-4-1)36-23-24-38-30-40(27-25-37(38)28-36)50-52-49(39-26-22-33-14-7-8-17-35(33)29-39)53-51(54-50)44-31-45-47-41(34-15-5-2-6-16-34)20-11-21-46(47)55-48(45)43-19-10-9-18-42(43)44/h2-3,5-31,33,35H,1,4H2. The lowest BCUT2D eigenvalue weighted by atomic mass is 9.83. The Labute approximate surface area is 318 Å². The lowest BCUT2D eigenvalue weighted by molar-refractivity contribution is 0.662. The van der Waals surface area contributed by atoms with Gasteiger partial charge in [0.15, 0.2) is 17.5 Å². The summed E-state index contributed by atoms with van der Waals surface area (Å²) in [4.78, 5) is 15.8. The first-order valence-electron chi connectivity index (χ1n) is 19.1. The van der Waals surface area contributed by atoms with Crippen molar-refractivity contribution < 1.29 is 4.42 Å². The molecule has 0 saturated carbocycles. The molecule has 0 aliphatic heterocycles. The van der Waals surface area contributed by atoms with E-state index in [-0.39, 0.29) is 5.92 Å². The largest absolute Gasteiger partial charge is 0.455 e. The molecule has 55 heavy (non-hydrogen) atoms. The van der Waals surface area contributed by atoms with E-state index in [0.29, 0.717) is 23.4 Å². The smallest absolute Gasteiger partial charge is 0.164 e. The maximum atomic E-state index is 6.68. The summed E-state index contributed by atoms with van der Waals surface area (Å²) < 4.78 is 6.68. The van der Waals surface area contributed by atoms with E-state index < -0.39 is 0 Å². The van der Waals surface area contributed by atoms with Gasteiger partial charge in [-0.15, -0.1) is 0 Å². The Morgan fingerprint density at radius 1 is 0.509 bits per heavy atom. The fourth-order valence-electron chi connectivity index (χ4n) is 8.47. The van der Waals surface area contributed by atoms with Crippen LogP contribution in [0, 0.1) is 11.8 Å². The van der Waals surface area contributed by atoms with E-state index in [9.17, 15) is 0 Å². The molecule has 8 aromatic rings. The zero-order valence-electron chi connectivity index (χ0n) is 30.1. The number of hydrogen-bond acceptors (Lipinski definition) is 4. The molecule has 2 unspecified atom stereocenters. The van der Waals surface area contributed by atoms with Crippen LogP contribution in [0.5, 0.6) is 0 Å². The Morgan fingerprint density at radius 2 is 1.27 bits per heavy atom. The van der Waals surface area contributed by atoms with Gasteiger partial charge in [0.2, 0.25) is 0 Å². The Balaban J connectivity index is 1.13. The van der Waals surface area contributed by atoms with E-state index in [4.69, 9.17) is 19.4 Å². The van der Waals surface area contributed by atoms with Gasteiger partial charge in [-0.2, -0.15) is 0 Å². The van der Waals surface area contributed by atoms with E-state index in [1.54, 1.807) is 0 Å². The van der Waals surface area contributed by atoms with Crippen LogP contribution < -0.4 is 0 Å². The van der Waals surface area contributed by atoms with E-state index in [0.717, 1.165) is 78.8 Å². The summed E-state index contributed by atoms with van der Waals surface area (Å²) in [6, 6.07) is 40.8. The second kappa shape index (κ2) is 12.9. The fraction of sp³-hybridized carbons (Fsp3) is 0.0784. The summed E-state index contributed by atoms with van der Waals surface area (Å²) in [6.07, 6.45) is 24.5. The van der Waals surface area contributed by atoms with Gasteiger partial charge in [0.05, 0.1) is 0 Å². The minimum Gasteiger partial charge on any atom is -0.455 e. The monoisotopic (exact) mass is 705 g/mol. The Bertz CT molecular complexity index is 3050. The normalized spacial score (nSPS) is 17.6. The lowest BCUT2D eigenvalue weighted by Gasteiger charge is -2.22. The molecule has 0 bridgehead atoms. The summed E-state index contributed by atoms with van der Waals surface area (Å²) in [5.41, 5.74) is 9.41. The fourth-order valence-corrected chi connectivity index (χ4v) is 8.47. The summed E-state index contributed by atoms with van der Waals surface area (Å²) in [6.45, 7) is 0. The van der Waals surface area contributed by atoms with Gasteiger partial charge in [0.1, 0.15) is 11.2 Å². The van der Waals surface area contributed by atoms with Crippen LogP contribution in [0.15, 0.2) is 180 Å². The van der Waals surface area contributed by atoms with Crippen molar-refractivity contribution in [3.8, 4) is 33.9 Å². The molecule has 0 radical (unpaired) electrons. The minimum atomic E-state index is 0.253. The molecule has 260 valence electrons. The maximum absolute atomic E-state index is 6.68. The highest BCUT2D eigenvalue weighted by Gasteiger charge is 2.23. The van der Waals surface area contributed by atoms with Crippen molar-refractivity contribution in [1.82, 2.24) is 15.0 Å². The van der Waals surface area contributed by atoms with Crippen LogP contribution in [0.3, 0.4) is 0 Å². The zero-order chi connectivity index (χ0) is 36.3. The molecule has 0 spiro atoms. The molecule has 3 aliphatic carbocycles. The first kappa shape index (κ1) is 31.6. The summed E-state index contributed by atoms with van der Waals surface area (Å²) in [5.74, 6) is 2.52. The minimum absolute atomic E-state index is 0.253. The van der Waals surface area contributed by atoms with Crippen LogP contribution in [-0.4, -0.2) is 15.0 Å². The number of benzene rings is 6. The summed E-state index contributed by atoms with van der Waals surface area (Å²) >= 11 is 0. The molecular weight excluding hydrogens is 671 g/mol. The number of nitrogens with zero attached hydrogens (tertiary/aromatic N) is 3. The summed E-state index contributed by atoms with van der Waals surface area (Å²) in [7, 11) is 0. The highest BCUT2D eigenvalue weighted by molar-refractivity contribution is 6.22. The average molecular weight is 706 g/mol. The van der Waals surface area contributed by atoms with E-state index >= 15 is 0 Å². The Morgan fingerprint density at radius 3 is 2.13 bits per heavy atom. The first-order valence-corrected chi connectivity index (χ1v) is 19.1. The molecule has 0 N–H and O–H groups in total. The van der Waals surface area contributed by atoms with Crippen molar-refractivity contribution in [2.24, 2.45) is 11.8 Å². The van der Waals surface area contributed by atoms with Gasteiger partial charge < -0.3 is 4.42 Å². The van der Waals surface area contributed by atoms with E-state index in [1.165, 1.54) is 16.5 Å². The maximum Gasteiger partial charge on any atom is 0.164 e. The summed E-state index contributed by atoms with van der Waals surface area (Å²) in [5, 5.41) is 6.51. The van der Waals surface area contributed by atoms with Crippen LogP contribution in [0.25, 0.3) is 88.5 Å². The number of rotatable bonds is 5. The van der Waals surface area contributed by atoms with Crippen molar-refractivity contribution in [3.63, 3.8) is 0 Å². The van der Waals surface area contributed by atoms with Crippen LogP contribution in [-0.2, 0) is 0 Å². The topological polar surface area (TPSA) is 51.8 Å². The quantitative estimate of drug-likeness (QED) is 0.179. The number of allylic oxidation sites excluding steroid dienone is 12. The van der Waals surface area contributed by atoms with Crippen molar-refractivity contribution in [2.45, 2.75) is 12.8 Å². The van der Waals surface area contributed by atoms with Crippen LogP contribution >= 0.6 is 0 Å². The molecule has 6 aromatic carbocycles. The van der Waals surface area contributed by atoms with Gasteiger partial charge >= 0.3 is 0 Å². The Kier molecular flexibility index (Phi) is 7.41. The van der Waals surface area contributed by atoms with Crippen molar-refractivity contribution >= 4 is 54.6 Å². The third kappa shape index (κ3) is 5.49. The number of fused-ring (bicyclic) bond motifs is 7. The third-order valence-electron chi connectivity index (χ3n) is 11.2. The molecule has 4 heteroatoms. The predicted molar refractivity (Wildman–Crippen MR) is 227 cm³/mol. The lowest BCUT2D eigenvalue weighted by Crippen LogP contribution is -2.12. The number of furan rings is 1.